The molecule has 8 heteroatoms. The predicted molar refractivity (Wildman–Crippen MR) is 138 cm³/mol. The van der Waals surface area contributed by atoms with E-state index in [0.717, 1.165) is 33.6 Å². The number of hydrogen-bond acceptors (Lipinski definition) is 6. The van der Waals surface area contributed by atoms with Crippen molar-refractivity contribution in [3.8, 4) is 0 Å². The average Bonchev–Trinajstić information content (AvgIpc) is 3.54. The molecule has 2 aromatic carbocycles. The van der Waals surface area contributed by atoms with Crippen LogP contribution >= 0.6 is 0 Å². The molecule has 3 heterocycles. The summed E-state index contributed by atoms with van der Waals surface area (Å²) >= 11 is 0. The molecule has 36 heavy (non-hydrogen) atoms. The molecule has 0 saturated carbocycles. The Labute approximate surface area is 209 Å². The fraction of sp³-hybridized carbons (Fsp3) is 0.286. The van der Waals surface area contributed by atoms with Crippen LogP contribution in [-0.4, -0.2) is 30.1 Å². The molecule has 184 valence electrons. The van der Waals surface area contributed by atoms with Crippen LogP contribution in [0.5, 0.6) is 0 Å². The Kier molecular flexibility index (Phi) is 6.77. The second-order valence-corrected chi connectivity index (χ2v) is 9.52. The maximum absolute atomic E-state index is 13.2. The van der Waals surface area contributed by atoms with Gasteiger partial charge in [0.25, 0.3) is 5.56 Å². The van der Waals surface area contributed by atoms with Crippen molar-refractivity contribution in [2.24, 2.45) is 5.92 Å². The third-order valence-corrected chi connectivity index (χ3v) is 6.50. The van der Waals surface area contributed by atoms with E-state index in [1.165, 1.54) is 0 Å². The minimum atomic E-state index is -0.136. The highest BCUT2D eigenvalue weighted by Crippen LogP contribution is 2.30. The van der Waals surface area contributed by atoms with Crippen LogP contribution in [0, 0.1) is 12.8 Å². The number of H-pyrrole nitrogens is 1. The Morgan fingerprint density at radius 3 is 2.61 bits per heavy atom. The highest BCUT2D eigenvalue weighted by atomic mass is 16.3. The lowest BCUT2D eigenvalue weighted by Gasteiger charge is -2.33. The molecule has 0 aliphatic carbocycles. The molecule has 5 rings (SSSR count). The first-order valence-corrected chi connectivity index (χ1v) is 12.2. The van der Waals surface area contributed by atoms with Gasteiger partial charge in [-0.3, -0.25) is 9.69 Å². The highest BCUT2D eigenvalue weighted by Gasteiger charge is 2.30. The standard InChI is InChI=1S/C28H30N6O2/c1-19(2)26(27-30-31-32-34(27)18-24-13-8-14-36-24)33(16-21-10-5-4-6-11-21)17-23-15-22-12-7-9-20(3)25(22)29-28(23)35/h4-15,19,26H,16-18H2,1-3H3,(H,29,35). The van der Waals surface area contributed by atoms with Crippen LogP contribution < -0.4 is 5.56 Å². The molecular formula is C28H30N6O2. The Morgan fingerprint density at radius 1 is 1.03 bits per heavy atom. The fourth-order valence-electron chi connectivity index (χ4n) is 4.80. The Morgan fingerprint density at radius 2 is 1.86 bits per heavy atom. The van der Waals surface area contributed by atoms with Gasteiger partial charge in [0.1, 0.15) is 12.3 Å². The first-order chi connectivity index (χ1) is 17.5. The molecule has 1 atom stereocenters. The van der Waals surface area contributed by atoms with E-state index in [0.29, 0.717) is 25.2 Å². The van der Waals surface area contributed by atoms with Crippen molar-refractivity contribution < 1.29 is 4.42 Å². The summed E-state index contributed by atoms with van der Waals surface area (Å²) in [5.74, 6) is 1.70. The van der Waals surface area contributed by atoms with E-state index < -0.39 is 0 Å². The molecule has 1 N–H and O–H groups in total. The molecule has 1 unspecified atom stereocenters. The van der Waals surface area contributed by atoms with Gasteiger partial charge in [-0.1, -0.05) is 62.4 Å². The van der Waals surface area contributed by atoms with Crippen LogP contribution in [0.1, 0.15) is 48.2 Å². The summed E-state index contributed by atoms with van der Waals surface area (Å²) in [5, 5.41) is 13.7. The molecule has 3 aromatic heterocycles. The number of rotatable bonds is 9. The van der Waals surface area contributed by atoms with Crippen LogP contribution in [-0.2, 0) is 19.6 Å². The summed E-state index contributed by atoms with van der Waals surface area (Å²) in [5.41, 5.74) is 3.71. The van der Waals surface area contributed by atoms with Crippen LogP contribution in [0.25, 0.3) is 10.9 Å². The van der Waals surface area contributed by atoms with E-state index in [4.69, 9.17) is 4.42 Å². The summed E-state index contributed by atoms with van der Waals surface area (Å²) < 4.78 is 7.33. The molecule has 0 radical (unpaired) electrons. The summed E-state index contributed by atoms with van der Waals surface area (Å²) in [6.45, 7) is 7.85. The van der Waals surface area contributed by atoms with Crippen molar-refractivity contribution in [3.05, 3.63) is 112 Å². The molecule has 0 spiro atoms. The SMILES string of the molecule is Cc1cccc2cc(CN(Cc3ccccc3)C(c3nnnn3Cc3ccco3)C(C)C)c(=O)[nH]c12. The summed E-state index contributed by atoms with van der Waals surface area (Å²) in [7, 11) is 0. The number of tetrazole rings is 1. The number of pyridine rings is 1. The molecule has 0 bridgehead atoms. The number of para-hydroxylation sites is 1. The third-order valence-electron chi connectivity index (χ3n) is 6.50. The topological polar surface area (TPSA) is 92.8 Å². The molecule has 0 amide bonds. The van der Waals surface area contributed by atoms with Crippen molar-refractivity contribution >= 4 is 10.9 Å². The van der Waals surface area contributed by atoms with Gasteiger partial charge >= 0.3 is 0 Å². The minimum Gasteiger partial charge on any atom is -0.467 e. The number of benzene rings is 2. The molecule has 0 fully saturated rings. The number of hydrogen-bond donors (Lipinski definition) is 1. The zero-order chi connectivity index (χ0) is 25.1. The van der Waals surface area contributed by atoms with Gasteiger partial charge in [0.15, 0.2) is 5.82 Å². The van der Waals surface area contributed by atoms with Crippen molar-refractivity contribution in [2.75, 3.05) is 0 Å². The number of fused-ring (bicyclic) bond motifs is 1. The Balaban J connectivity index is 1.55. The van der Waals surface area contributed by atoms with Gasteiger partial charge in [0.05, 0.1) is 17.8 Å². The number of nitrogens with zero attached hydrogens (tertiary/aromatic N) is 5. The number of aromatic nitrogens is 5. The van der Waals surface area contributed by atoms with Crippen LogP contribution in [0.4, 0.5) is 0 Å². The van der Waals surface area contributed by atoms with Crippen molar-refractivity contribution in [1.29, 1.82) is 0 Å². The van der Waals surface area contributed by atoms with Gasteiger partial charge in [-0.15, -0.1) is 5.10 Å². The maximum atomic E-state index is 13.2. The van der Waals surface area contributed by atoms with Gasteiger partial charge < -0.3 is 9.40 Å². The summed E-state index contributed by atoms with van der Waals surface area (Å²) in [4.78, 5) is 18.6. The lowest BCUT2D eigenvalue weighted by Crippen LogP contribution is -2.35. The quantitative estimate of drug-likeness (QED) is 0.322. The second kappa shape index (κ2) is 10.3. The van der Waals surface area contributed by atoms with Gasteiger partial charge in [-0.05, 0) is 58.0 Å². The normalized spacial score (nSPS) is 12.6. The number of furan rings is 1. The molecule has 8 nitrogen and oxygen atoms in total. The molecule has 5 aromatic rings. The van der Waals surface area contributed by atoms with E-state index in [1.54, 1.807) is 10.9 Å². The van der Waals surface area contributed by atoms with Gasteiger partial charge in [-0.25, -0.2) is 4.68 Å². The molecule has 0 aliphatic rings. The van der Waals surface area contributed by atoms with Crippen molar-refractivity contribution in [3.63, 3.8) is 0 Å². The number of aromatic amines is 1. The summed E-state index contributed by atoms with van der Waals surface area (Å²) in [6, 6.07) is 22.0. The largest absolute Gasteiger partial charge is 0.467 e. The van der Waals surface area contributed by atoms with Crippen LogP contribution in [0.2, 0.25) is 0 Å². The Bertz CT molecular complexity index is 1490. The number of nitrogens with one attached hydrogen (secondary N) is 1. The van der Waals surface area contributed by atoms with Gasteiger partial charge in [0, 0.05) is 18.7 Å². The van der Waals surface area contributed by atoms with Crippen molar-refractivity contribution in [1.82, 2.24) is 30.1 Å². The van der Waals surface area contributed by atoms with Crippen molar-refractivity contribution in [2.45, 2.75) is 46.4 Å². The van der Waals surface area contributed by atoms with E-state index in [2.05, 4.69) is 51.4 Å². The van der Waals surface area contributed by atoms with E-state index >= 15 is 0 Å². The monoisotopic (exact) mass is 482 g/mol. The zero-order valence-corrected chi connectivity index (χ0v) is 20.8. The highest BCUT2D eigenvalue weighted by molar-refractivity contribution is 5.81. The van der Waals surface area contributed by atoms with E-state index in [-0.39, 0.29) is 17.5 Å². The smallest absolute Gasteiger partial charge is 0.252 e. The number of aryl methyl sites for hydroxylation is 1. The fourth-order valence-corrected chi connectivity index (χ4v) is 4.80. The maximum Gasteiger partial charge on any atom is 0.252 e. The van der Waals surface area contributed by atoms with E-state index in [9.17, 15) is 4.79 Å². The lowest BCUT2D eigenvalue weighted by molar-refractivity contribution is 0.125. The van der Waals surface area contributed by atoms with Crippen LogP contribution in [0.15, 0.2) is 82.2 Å². The first-order valence-electron chi connectivity index (χ1n) is 12.2. The first kappa shape index (κ1) is 23.7. The Hall–Kier alpha value is -4.04. The lowest BCUT2D eigenvalue weighted by atomic mass is 9.99. The molecule has 0 aliphatic heterocycles. The molecular weight excluding hydrogens is 452 g/mol. The second-order valence-electron chi connectivity index (χ2n) is 9.52. The van der Waals surface area contributed by atoms with Gasteiger partial charge in [-0.2, -0.15) is 0 Å². The molecule has 0 saturated heterocycles. The van der Waals surface area contributed by atoms with E-state index in [1.807, 2.05) is 61.5 Å². The van der Waals surface area contributed by atoms with Gasteiger partial charge in [0.2, 0.25) is 0 Å². The zero-order valence-electron chi connectivity index (χ0n) is 20.8. The average molecular weight is 483 g/mol. The third kappa shape index (κ3) is 4.99. The summed E-state index contributed by atoms with van der Waals surface area (Å²) in [6.07, 6.45) is 1.65. The predicted octanol–water partition coefficient (Wildman–Crippen LogP) is 4.86. The minimum absolute atomic E-state index is 0.0763. The van der Waals surface area contributed by atoms with Crippen LogP contribution in [0.3, 0.4) is 0 Å².